The first-order chi connectivity index (χ1) is 9.72. The maximum absolute atomic E-state index is 12.2. The van der Waals surface area contributed by atoms with E-state index in [1.54, 1.807) is 23.0 Å². The van der Waals surface area contributed by atoms with Gasteiger partial charge < -0.3 is 10.0 Å². The van der Waals surface area contributed by atoms with E-state index < -0.39 is 0 Å². The summed E-state index contributed by atoms with van der Waals surface area (Å²) in [7, 11) is 0. The zero-order chi connectivity index (χ0) is 13.9. The highest BCUT2D eigenvalue weighted by atomic mass is 16.3. The van der Waals surface area contributed by atoms with Gasteiger partial charge in [0.1, 0.15) is 5.75 Å². The molecule has 0 atom stereocenters. The number of fused-ring (bicyclic) bond motifs is 1. The summed E-state index contributed by atoms with van der Waals surface area (Å²) in [6, 6.07) is 7.25. The minimum absolute atomic E-state index is 0.134. The van der Waals surface area contributed by atoms with Crippen LogP contribution in [0.1, 0.15) is 17.5 Å². The molecule has 2 aromatic rings. The Balaban J connectivity index is 1.62. The Labute approximate surface area is 117 Å². The van der Waals surface area contributed by atoms with Crippen molar-refractivity contribution in [1.29, 1.82) is 0 Å². The van der Waals surface area contributed by atoms with Gasteiger partial charge >= 0.3 is 0 Å². The third-order valence-electron chi connectivity index (χ3n) is 3.67. The first-order valence-electron chi connectivity index (χ1n) is 6.78. The molecule has 0 saturated carbocycles. The molecule has 1 aromatic heterocycles. The molecule has 2 heterocycles. The normalized spacial score (nSPS) is 14.1. The zero-order valence-electron chi connectivity index (χ0n) is 11.2. The first kappa shape index (κ1) is 12.7. The number of carbonyl (C=O) groups is 1. The second-order valence-electron chi connectivity index (χ2n) is 5.04. The standard InChI is InChI=1S/C15H17N3O2/c19-14-3-2-12-4-8-17(11-13(12)10-14)15(20)5-9-18-7-1-6-16-18/h1-3,6-7,10,19H,4-5,8-9,11H2. The largest absolute Gasteiger partial charge is 0.508 e. The molecule has 104 valence electrons. The molecular formula is C15H17N3O2. The molecule has 5 nitrogen and oxygen atoms in total. The summed E-state index contributed by atoms with van der Waals surface area (Å²) in [6.45, 7) is 1.94. The van der Waals surface area contributed by atoms with E-state index >= 15 is 0 Å². The van der Waals surface area contributed by atoms with Crippen molar-refractivity contribution >= 4 is 5.91 Å². The van der Waals surface area contributed by atoms with Gasteiger partial charge in [-0.25, -0.2) is 0 Å². The molecule has 0 fully saturated rings. The number of carbonyl (C=O) groups excluding carboxylic acids is 1. The molecule has 0 saturated heterocycles. The number of phenols is 1. The molecule has 0 radical (unpaired) electrons. The second-order valence-corrected chi connectivity index (χ2v) is 5.04. The van der Waals surface area contributed by atoms with Crippen molar-refractivity contribution in [2.45, 2.75) is 25.9 Å². The van der Waals surface area contributed by atoms with E-state index in [9.17, 15) is 9.90 Å². The molecular weight excluding hydrogens is 254 g/mol. The number of nitrogens with zero attached hydrogens (tertiary/aromatic N) is 3. The number of benzene rings is 1. The Kier molecular flexibility index (Phi) is 3.41. The van der Waals surface area contributed by atoms with Crippen molar-refractivity contribution in [3.05, 3.63) is 47.8 Å². The molecule has 20 heavy (non-hydrogen) atoms. The van der Waals surface area contributed by atoms with Crippen molar-refractivity contribution < 1.29 is 9.90 Å². The summed E-state index contributed by atoms with van der Waals surface area (Å²) in [5.74, 6) is 0.393. The quantitative estimate of drug-likeness (QED) is 0.921. The molecule has 1 aromatic carbocycles. The lowest BCUT2D eigenvalue weighted by molar-refractivity contribution is -0.132. The van der Waals surface area contributed by atoms with Crippen LogP contribution in [0.25, 0.3) is 0 Å². The number of aromatic nitrogens is 2. The molecule has 0 aliphatic carbocycles. The summed E-state index contributed by atoms with van der Waals surface area (Å²) in [5.41, 5.74) is 2.27. The lowest BCUT2D eigenvalue weighted by Gasteiger charge is -2.29. The lowest BCUT2D eigenvalue weighted by atomic mass is 9.99. The highest BCUT2D eigenvalue weighted by molar-refractivity contribution is 5.76. The number of rotatable bonds is 3. The summed E-state index contributed by atoms with van der Waals surface area (Å²) < 4.78 is 1.77. The van der Waals surface area contributed by atoms with Gasteiger partial charge in [0.05, 0.1) is 0 Å². The predicted octanol–water partition coefficient (Wildman–Crippen LogP) is 1.56. The summed E-state index contributed by atoms with van der Waals surface area (Å²) in [6.07, 6.45) is 4.88. The Hall–Kier alpha value is -2.30. The molecule has 0 unspecified atom stereocenters. The molecule has 5 heteroatoms. The van der Waals surface area contributed by atoms with Gasteiger partial charge in [0.2, 0.25) is 5.91 Å². The zero-order valence-corrected chi connectivity index (χ0v) is 11.2. The van der Waals surface area contributed by atoms with Crippen LogP contribution in [0.2, 0.25) is 0 Å². The van der Waals surface area contributed by atoms with Gasteiger partial charge in [-0.2, -0.15) is 5.10 Å². The summed E-state index contributed by atoms with van der Waals surface area (Å²) >= 11 is 0. The van der Waals surface area contributed by atoms with Crippen molar-refractivity contribution in [2.24, 2.45) is 0 Å². The third kappa shape index (κ3) is 2.66. The molecule has 1 N–H and O–H groups in total. The number of phenolic OH excluding ortho intramolecular Hbond substituents is 1. The molecule has 3 rings (SSSR count). The van der Waals surface area contributed by atoms with Crippen molar-refractivity contribution in [3.8, 4) is 5.75 Å². The smallest absolute Gasteiger partial charge is 0.224 e. The number of hydrogen-bond donors (Lipinski definition) is 1. The van der Waals surface area contributed by atoms with Crippen molar-refractivity contribution in [3.63, 3.8) is 0 Å². The van der Waals surface area contributed by atoms with Crippen LogP contribution < -0.4 is 0 Å². The Morgan fingerprint density at radius 1 is 1.35 bits per heavy atom. The van der Waals surface area contributed by atoms with Gasteiger partial charge in [-0.15, -0.1) is 0 Å². The fourth-order valence-corrected chi connectivity index (χ4v) is 2.56. The van der Waals surface area contributed by atoms with Crippen LogP contribution in [0.3, 0.4) is 0 Å². The van der Waals surface area contributed by atoms with Gasteiger partial charge in [0, 0.05) is 38.4 Å². The van der Waals surface area contributed by atoms with Crippen LogP contribution in [0.15, 0.2) is 36.7 Å². The topological polar surface area (TPSA) is 58.4 Å². The summed E-state index contributed by atoms with van der Waals surface area (Å²) in [4.78, 5) is 14.1. The maximum Gasteiger partial charge on any atom is 0.224 e. The van der Waals surface area contributed by atoms with E-state index in [2.05, 4.69) is 5.10 Å². The van der Waals surface area contributed by atoms with E-state index in [4.69, 9.17) is 0 Å². The molecule has 0 bridgehead atoms. The van der Waals surface area contributed by atoms with Crippen LogP contribution in [-0.2, 0) is 24.3 Å². The first-order valence-corrected chi connectivity index (χ1v) is 6.78. The highest BCUT2D eigenvalue weighted by Crippen LogP contribution is 2.23. The number of aromatic hydroxyl groups is 1. The molecule has 1 amide bonds. The van der Waals surface area contributed by atoms with Crippen LogP contribution in [0.4, 0.5) is 0 Å². The van der Waals surface area contributed by atoms with Gasteiger partial charge in [-0.05, 0) is 35.7 Å². The number of amides is 1. The molecule has 1 aliphatic rings. The Morgan fingerprint density at radius 2 is 2.25 bits per heavy atom. The van der Waals surface area contributed by atoms with Crippen LogP contribution >= 0.6 is 0 Å². The summed E-state index contributed by atoms with van der Waals surface area (Å²) in [5, 5.41) is 13.6. The SMILES string of the molecule is O=C(CCn1cccn1)N1CCc2ccc(O)cc2C1. The average molecular weight is 271 g/mol. The Morgan fingerprint density at radius 3 is 3.05 bits per heavy atom. The van der Waals surface area contributed by atoms with Crippen LogP contribution in [-0.4, -0.2) is 32.2 Å². The predicted molar refractivity (Wildman–Crippen MR) is 74.1 cm³/mol. The minimum atomic E-state index is 0.134. The second kappa shape index (κ2) is 5.36. The van der Waals surface area contributed by atoms with E-state index in [1.807, 2.05) is 23.2 Å². The monoisotopic (exact) mass is 271 g/mol. The van der Waals surface area contributed by atoms with Gasteiger partial charge in [0.15, 0.2) is 0 Å². The van der Waals surface area contributed by atoms with E-state index in [0.717, 1.165) is 18.5 Å². The van der Waals surface area contributed by atoms with Crippen molar-refractivity contribution in [2.75, 3.05) is 6.54 Å². The van der Waals surface area contributed by atoms with Crippen LogP contribution in [0, 0.1) is 0 Å². The maximum atomic E-state index is 12.2. The van der Waals surface area contributed by atoms with Gasteiger partial charge in [-0.1, -0.05) is 6.07 Å². The minimum Gasteiger partial charge on any atom is -0.508 e. The highest BCUT2D eigenvalue weighted by Gasteiger charge is 2.20. The third-order valence-corrected chi connectivity index (χ3v) is 3.67. The Bertz CT molecular complexity index is 608. The average Bonchev–Trinajstić information content (AvgIpc) is 2.97. The van der Waals surface area contributed by atoms with E-state index in [-0.39, 0.29) is 11.7 Å². The fraction of sp³-hybridized carbons (Fsp3) is 0.333. The van der Waals surface area contributed by atoms with Gasteiger partial charge in [0.25, 0.3) is 0 Å². The number of hydrogen-bond acceptors (Lipinski definition) is 3. The molecule has 0 spiro atoms. The van der Waals surface area contributed by atoms with E-state index in [0.29, 0.717) is 19.5 Å². The number of aryl methyl sites for hydroxylation is 1. The fourth-order valence-electron chi connectivity index (χ4n) is 2.56. The molecule has 1 aliphatic heterocycles. The van der Waals surface area contributed by atoms with Crippen molar-refractivity contribution in [1.82, 2.24) is 14.7 Å². The van der Waals surface area contributed by atoms with E-state index in [1.165, 1.54) is 5.56 Å². The lowest BCUT2D eigenvalue weighted by Crippen LogP contribution is -2.36. The van der Waals surface area contributed by atoms with Crippen LogP contribution in [0.5, 0.6) is 5.75 Å². The van der Waals surface area contributed by atoms with Gasteiger partial charge in [-0.3, -0.25) is 9.48 Å².